The van der Waals surface area contributed by atoms with Gasteiger partial charge in [0, 0.05) is 21.1 Å². The largest absolute Gasteiger partial charge is 0.361 e. The van der Waals surface area contributed by atoms with Crippen LogP contribution in [0.2, 0.25) is 0 Å². The van der Waals surface area contributed by atoms with E-state index in [9.17, 15) is 4.79 Å². The fraction of sp³-hybridized carbons (Fsp3) is 0.263. The number of hydrogen-bond donors (Lipinski definition) is 1. The normalized spacial score (nSPS) is 10.8. The fourth-order valence-electron chi connectivity index (χ4n) is 2.48. The van der Waals surface area contributed by atoms with Crippen molar-refractivity contribution in [1.82, 2.24) is 10.5 Å². The number of aryl methyl sites for hydroxylation is 3. The van der Waals surface area contributed by atoms with Gasteiger partial charge in [-0.15, -0.1) is 23.1 Å². The highest BCUT2D eigenvalue weighted by molar-refractivity contribution is 7.98. The second kappa shape index (κ2) is 7.89. The molecule has 1 amide bonds. The van der Waals surface area contributed by atoms with Crippen LogP contribution in [-0.4, -0.2) is 11.1 Å². The molecule has 6 heteroatoms. The third-order valence-corrected chi connectivity index (χ3v) is 6.19. The molecule has 25 heavy (non-hydrogen) atoms. The maximum absolute atomic E-state index is 12.6. The molecule has 0 radical (unpaired) electrons. The lowest BCUT2D eigenvalue weighted by atomic mass is 10.2. The maximum atomic E-state index is 12.6. The van der Waals surface area contributed by atoms with Gasteiger partial charge in [-0.1, -0.05) is 17.3 Å². The number of rotatable bonds is 6. The molecule has 130 valence electrons. The second-order valence-corrected chi connectivity index (χ2v) is 7.81. The maximum Gasteiger partial charge on any atom is 0.252 e. The van der Waals surface area contributed by atoms with Crippen molar-refractivity contribution in [1.29, 1.82) is 0 Å². The number of benzene rings is 1. The minimum atomic E-state index is -0.0466. The van der Waals surface area contributed by atoms with Gasteiger partial charge in [-0.25, -0.2) is 0 Å². The Balaban J connectivity index is 1.69. The summed E-state index contributed by atoms with van der Waals surface area (Å²) in [7, 11) is 0. The molecule has 0 aliphatic heterocycles. The average molecular weight is 373 g/mol. The van der Waals surface area contributed by atoms with Crippen molar-refractivity contribution in [3.8, 4) is 0 Å². The predicted molar refractivity (Wildman–Crippen MR) is 102 cm³/mol. The SMILES string of the molecule is Cc1ccsc1CNC(=O)c1ccccc1SCc1c(C)noc1C. The number of amides is 1. The standard InChI is InChI=1S/C19H20N2O2S2/c1-12-8-9-24-18(12)10-20-19(22)15-6-4-5-7-17(15)25-11-16-13(2)21-23-14(16)3/h4-9H,10-11H2,1-3H3,(H,20,22). The van der Waals surface area contributed by atoms with Crippen molar-refractivity contribution in [2.24, 2.45) is 0 Å². The van der Waals surface area contributed by atoms with Crippen LogP contribution in [0.15, 0.2) is 45.1 Å². The first-order chi connectivity index (χ1) is 12.1. The molecule has 0 aliphatic carbocycles. The molecular weight excluding hydrogens is 352 g/mol. The van der Waals surface area contributed by atoms with Crippen LogP contribution in [0.25, 0.3) is 0 Å². The van der Waals surface area contributed by atoms with Crippen molar-refractivity contribution in [2.75, 3.05) is 0 Å². The lowest BCUT2D eigenvalue weighted by Crippen LogP contribution is -2.23. The van der Waals surface area contributed by atoms with E-state index in [1.807, 2.05) is 43.5 Å². The number of carbonyl (C=O) groups excluding carboxylic acids is 1. The van der Waals surface area contributed by atoms with Crippen LogP contribution in [0, 0.1) is 20.8 Å². The van der Waals surface area contributed by atoms with E-state index >= 15 is 0 Å². The fourth-order valence-corrected chi connectivity index (χ4v) is 4.53. The zero-order chi connectivity index (χ0) is 17.8. The van der Waals surface area contributed by atoms with E-state index in [2.05, 4.69) is 23.5 Å². The van der Waals surface area contributed by atoms with Crippen LogP contribution in [-0.2, 0) is 12.3 Å². The molecule has 0 bridgehead atoms. The molecule has 4 nitrogen and oxygen atoms in total. The quantitative estimate of drug-likeness (QED) is 0.626. The number of nitrogens with zero attached hydrogens (tertiary/aromatic N) is 1. The Bertz CT molecular complexity index is 864. The molecule has 0 spiro atoms. The number of nitrogens with one attached hydrogen (secondary N) is 1. The monoisotopic (exact) mass is 372 g/mol. The summed E-state index contributed by atoms with van der Waals surface area (Å²) in [4.78, 5) is 14.8. The van der Waals surface area contributed by atoms with Crippen molar-refractivity contribution in [3.05, 3.63) is 68.7 Å². The zero-order valence-corrected chi connectivity index (χ0v) is 16.1. The van der Waals surface area contributed by atoms with Gasteiger partial charge >= 0.3 is 0 Å². The van der Waals surface area contributed by atoms with E-state index in [1.54, 1.807) is 23.1 Å². The molecule has 1 N–H and O–H groups in total. The Labute approximate surface area is 155 Å². The molecule has 0 unspecified atom stereocenters. The van der Waals surface area contributed by atoms with Crippen LogP contribution in [0.1, 0.15) is 37.8 Å². The third-order valence-electron chi connectivity index (χ3n) is 4.06. The molecule has 0 atom stereocenters. The van der Waals surface area contributed by atoms with Crippen molar-refractivity contribution >= 4 is 29.0 Å². The summed E-state index contributed by atoms with van der Waals surface area (Å²) in [6.45, 7) is 6.48. The summed E-state index contributed by atoms with van der Waals surface area (Å²) in [6, 6.07) is 9.77. The Morgan fingerprint density at radius 2 is 2.04 bits per heavy atom. The lowest BCUT2D eigenvalue weighted by molar-refractivity contribution is 0.0948. The van der Waals surface area contributed by atoms with Crippen LogP contribution >= 0.6 is 23.1 Å². The second-order valence-electron chi connectivity index (χ2n) is 5.80. The molecule has 3 rings (SSSR count). The van der Waals surface area contributed by atoms with E-state index in [4.69, 9.17) is 4.52 Å². The number of hydrogen-bond acceptors (Lipinski definition) is 5. The minimum Gasteiger partial charge on any atom is -0.361 e. The smallest absolute Gasteiger partial charge is 0.252 e. The van der Waals surface area contributed by atoms with Crippen molar-refractivity contribution < 1.29 is 9.32 Å². The summed E-state index contributed by atoms with van der Waals surface area (Å²) in [5.74, 6) is 1.52. The van der Waals surface area contributed by atoms with Crippen LogP contribution in [0.5, 0.6) is 0 Å². The molecule has 0 aliphatic rings. The summed E-state index contributed by atoms with van der Waals surface area (Å²) in [5, 5.41) is 9.06. The number of thioether (sulfide) groups is 1. The van der Waals surface area contributed by atoms with Gasteiger partial charge in [0.1, 0.15) is 5.76 Å². The first kappa shape index (κ1) is 17.8. The van der Waals surface area contributed by atoms with Gasteiger partial charge in [0.15, 0.2) is 0 Å². The van der Waals surface area contributed by atoms with Gasteiger partial charge in [0.25, 0.3) is 5.91 Å². The van der Waals surface area contributed by atoms with Gasteiger partial charge in [-0.3, -0.25) is 4.79 Å². The Hall–Kier alpha value is -2.05. The Morgan fingerprint density at radius 3 is 2.72 bits per heavy atom. The molecule has 0 fully saturated rings. The molecule has 0 saturated heterocycles. The summed E-state index contributed by atoms with van der Waals surface area (Å²) in [6.07, 6.45) is 0. The Kier molecular flexibility index (Phi) is 5.60. The van der Waals surface area contributed by atoms with E-state index < -0.39 is 0 Å². The van der Waals surface area contributed by atoms with E-state index in [-0.39, 0.29) is 5.91 Å². The van der Waals surface area contributed by atoms with E-state index in [0.717, 1.165) is 27.7 Å². The topological polar surface area (TPSA) is 55.1 Å². The highest BCUT2D eigenvalue weighted by atomic mass is 32.2. The third kappa shape index (κ3) is 4.14. The molecule has 0 saturated carbocycles. The first-order valence-electron chi connectivity index (χ1n) is 8.01. The zero-order valence-electron chi connectivity index (χ0n) is 14.5. The molecule has 2 heterocycles. The van der Waals surface area contributed by atoms with Gasteiger partial charge in [0.2, 0.25) is 0 Å². The molecule has 3 aromatic rings. The lowest BCUT2D eigenvalue weighted by Gasteiger charge is -2.10. The van der Waals surface area contributed by atoms with Gasteiger partial charge < -0.3 is 9.84 Å². The summed E-state index contributed by atoms with van der Waals surface area (Å²) in [5.41, 5.74) is 3.91. The molecule has 1 aromatic carbocycles. The molecular formula is C19H20N2O2S2. The van der Waals surface area contributed by atoms with E-state index in [0.29, 0.717) is 12.1 Å². The highest BCUT2D eigenvalue weighted by Gasteiger charge is 2.14. The van der Waals surface area contributed by atoms with Crippen LogP contribution < -0.4 is 5.32 Å². The Morgan fingerprint density at radius 1 is 1.24 bits per heavy atom. The van der Waals surface area contributed by atoms with Gasteiger partial charge in [-0.2, -0.15) is 0 Å². The highest BCUT2D eigenvalue weighted by Crippen LogP contribution is 2.29. The van der Waals surface area contributed by atoms with Gasteiger partial charge in [0.05, 0.1) is 17.8 Å². The summed E-state index contributed by atoms with van der Waals surface area (Å²) >= 11 is 3.30. The van der Waals surface area contributed by atoms with Crippen molar-refractivity contribution in [2.45, 2.75) is 38.0 Å². The number of aromatic nitrogens is 1. The molecule has 2 aromatic heterocycles. The van der Waals surface area contributed by atoms with Crippen LogP contribution in [0.4, 0.5) is 0 Å². The number of thiophene rings is 1. The number of carbonyl (C=O) groups is 1. The average Bonchev–Trinajstić information content (AvgIpc) is 3.16. The predicted octanol–water partition coefficient (Wildman–Crippen LogP) is 4.88. The van der Waals surface area contributed by atoms with Crippen LogP contribution in [0.3, 0.4) is 0 Å². The van der Waals surface area contributed by atoms with Gasteiger partial charge in [-0.05, 0) is 49.9 Å². The van der Waals surface area contributed by atoms with Crippen molar-refractivity contribution in [3.63, 3.8) is 0 Å². The summed E-state index contributed by atoms with van der Waals surface area (Å²) < 4.78 is 5.21. The first-order valence-corrected chi connectivity index (χ1v) is 9.87. The minimum absolute atomic E-state index is 0.0466. The van der Waals surface area contributed by atoms with E-state index in [1.165, 1.54) is 10.4 Å².